The second kappa shape index (κ2) is 9.99. The number of benzene rings is 2. The van der Waals surface area contributed by atoms with E-state index >= 15 is 0 Å². The second-order valence-electron chi connectivity index (χ2n) is 6.49. The van der Waals surface area contributed by atoms with Crippen molar-refractivity contribution in [2.75, 3.05) is 19.0 Å². The van der Waals surface area contributed by atoms with Crippen LogP contribution in [0.3, 0.4) is 0 Å². The fourth-order valence-corrected chi connectivity index (χ4v) is 2.79. The summed E-state index contributed by atoms with van der Waals surface area (Å²) in [5.41, 5.74) is 0.892. The molecule has 0 bridgehead atoms. The summed E-state index contributed by atoms with van der Waals surface area (Å²) in [6.45, 7) is 6.16. The minimum Gasteiger partial charge on any atom is -0.495 e. The van der Waals surface area contributed by atoms with E-state index in [1.165, 1.54) is 7.11 Å². The summed E-state index contributed by atoms with van der Waals surface area (Å²) in [7, 11) is 1.51. The Morgan fingerprint density at radius 1 is 1.11 bits per heavy atom. The van der Waals surface area contributed by atoms with E-state index < -0.39 is 6.04 Å². The van der Waals surface area contributed by atoms with Gasteiger partial charge in [0.1, 0.15) is 17.5 Å². The number of rotatable bonds is 8. The third-order valence-electron chi connectivity index (χ3n) is 4.08. The third-order valence-corrected chi connectivity index (χ3v) is 4.32. The molecular formula is C21H25ClN2O4. The van der Waals surface area contributed by atoms with Crippen molar-refractivity contribution < 1.29 is 19.1 Å². The maximum absolute atomic E-state index is 12.8. The Kier molecular flexibility index (Phi) is 7.70. The van der Waals surface area contributed by atoms with Gasteiger partial charge >= 0.3 is 0 Å². The Labute approximate surface area is 170 Å². The first-order valence-corrected chi connectivity index (χ1v) is 9.41. The highest BCUT2D eigenvalue weighted by atomic mass is 35.5. The largest absolute Gasteiger partial charge is 0.495 e. The van der Waals surface area contributed by atoms with Crippen LogP contribution in [0.25, 0.3) is 0 Å². The second-order valence-corrected chi connectivity index (χ2v) is 6.92. The molecule has 0 unspecified atom stereocenters. The predicted molar refractivity (Wildman–Crippen MR) is 110 cm³/mol. The minimum absolute atomic E-state index is 0.128. The lowest BCUT2D eigenvalue weighted by atomic mass is 10.0. The molecule has 0 aliphatic rings. The van der Waals surface area contributed by atoms with Crippen molar-refractivity contribution in [1.82, 2.24) is 5.32 Å². The molecule has 2 amide bonds. The lowest BCUT2D eigenvalue weighted by molar-refractivity contribution is -0.118. The molecule has 0 spiro atoms. The number of halogens is 1. The number of carbonyl (C=O) groups excluding carboxylic acids is 2. The van der Waals surface area contributed by atoms with E-state index in [0.29, 0.717) is 34.4 Å². The number of nitrogens with one attached hydrogen (secondary N) is 2. The summed E-state index contributed by atoms with van der Waals surface area (Å²) >= 11 is 6.01. The molecule has 2 aromatic rings. The van der Waals surface area contributed by atoms with Gasteiger partial charge in [0.15, 0.2) is 0 Å². The fourth-order valence-electron chi connectivity index (χ4n) is 2.62. The van der Waals surface area contributed by atoms with Gasteiger partial charge < -0.3 is 20.1 Å². The Morgan fingerprint density at radius 3 is 2.36 bits per heavy atom. The molecule has 0 heterocycles. The quantitative estimate of drug-likeness (QED) is 0.693. The van der Waals surface area contributed by atoms with Gasteiger partial charge in [-0.2, -0.15) is 0 Å². The van der Waals surface area contributed by atoms with Gasteiger partial charge in [-0.25, -0.2) is 0 Å². The van der Waals surface area contributed by atoms with Gasteiger partial charge in [0.25, 0.3) is 5.91 Å². The predicted octanol–water partition coefficient (Wildman–Crippen LogP) is 4.14. The van der Waals surface area contributed by atoms with E-state index in [4.69, 9.17) is 21.1 Å². The van der Waals surface area contributed by atoms with Crippen LogP contribution in [0.1, 0.15) is 31.1 Å². The Morgan fingerprint density at radius 2 is 1.79 bits per heavy atom. The van der Waals surface area contributed by atoms with Gasteiger partial charge in [-0.05, 0) is 55.3 Å². The standard InChI is InChI=1S/C21H25ClN2O4/c1-5-28-16-9-6-14(7-10-16)20(25)24-19(13(2)3)21(26)23-17-12-15(22)8-11-18(17)27-4/h6-13,19H,5H2,1-4H3,(H,23,26)(H,24,25)/t19-/m0/s1. The van der Waals surface area contributed by atoms with Crippen LogP contribution in [-0.4, -0.2) is 31.6 Å². The first-order chi connectivity index (χ1) is 13.3. The van der Waals surface area contributed by atoms with E-state index in [2.05, 4.69) is 10.6 Å². The molecule has 0 radical (unpaired) electrons. The zero-order valence-corrected chi connectivity index (χ0v) is 17.2. The normalized spacial score (nSPS) is 11.6. The van der Waals surface area contributed by atoms with Gasteiger partial charge in [0.2, 0.25) is 5.91 Å². The first-order valence-electron chi connectivity index (χ1n) is 9.03. The Hall–Kier alpha value is -2.73. The van der Waals surface area contributed by atoms with Crippen molar-refractivity contribution >= 4 is 29.1 Å². The molecule has 2 aromatic carbocycles. The molecule has 150 valence electrons. The minimum atomic E-state index is -0.734. The van der Waals surface area contributed by atoms with Crippen molar-refractivity contribution in [3.63, 3.8) is 0 Å². The zero-order chi connectivity index (χ0) is 20.7. The molecule has 28 heavy (non-hydrogen) atoms. The molecule has 1 atom stereocenters. The van der Waals surface area contributed by atoms with Crippen LogP contribution in [-0.2, 0) is 4.79 Å². The molecular weight excluding hydrogens is 380 g/mol. The lowest BCUT2D eigenvalue weighted by Gasteiger charge is -2.22. The molecule has 0 aliphatic carbocycles. The molecule has 6 nitrogen and oxygen atoms in total. The van der Waals surface area contributed by atoms with Gasteiger partial charge in [0.05, 0.1) is 19.4 Å². The third kappa shape index (κ3) is 5.63. The number of anilines is 1. The summed E-state index contributed by atoms with van der Waals surface area (Å²) in [4.78, 5) is 25.4. The molecule has 7 heteroatoms. The van der Waals surface area contributed by atoms with Crippen molar-refractivity contribution in [2.45, 2.75) is 26.8 Å². The monoisotopic (exact) mass is 404 g/mol. The summed E-state index contributed by atoms with van der Waals surface area (Å²) < 4.78 is 10.6. The van der Waals surface area contributed by atoms with Crippen molar-refractivity contribution in [3.8, 4) is 11.5 Å². The number of amides is 2. The fraction of sp³-hybridized carbons (Fsp3) is 0.333. The molecule has 0 aromatic heterocycles. The van der Waals surface area contributed by atoms with Gasteiger partial charge in [-0.15, -0.1) is 0 Å². The van der Waals surface area contributed by atoms with Crippen LogP contribution < -0.4 is 20.1 Å². The van der Waals surface area contributed by atoms with Gasteiger partial charge in [-0.3, -0.25) is 9.59 Å². The molecule has 0 saturated carbocycles. The Bertz CT molecular complexity index is 822. The maximum Gasteiger partial charge on any atom is 0.251 e. The van der Waals surface area contributed by atoms with Crippen LogP contribution in [0.5, 0.6) is 11.5 Å². The van der Waals surface area contributed by atoms with Crippen LogP contribution >= 0.6 is 11.6 Å². The first kappa shape index (κ1) is 21.6. The molecule has 0 saturated heterocycles. The summed E-state index contributed by atoms with van der Waals surface area (Å²) in [6, 6.07) is 11.0. The van der Waals surface area contributed by atoms with Crippen LogP contribution in [0.4, 0.5) is 5.69 Å². The van der Waals surface area contributed by atoms with Crippen molar-refractivity contribution in [1.29, 1.82) is 0 Å². The van der Waals surface area contributed by atoms with Gasteiger partial charge in [0, 0.05) is 10.6 Å². The van der Waals surface area contributed by atoms with E-state index in [1.54, 1.807) is 42.5 Å². The maximum atomic E-state index is 12.8. The van der Waals surface area contributed by atoms with E-state index in [9.17, 15) is 9.59 Å². The summed E-state index contributed by atoms with van der Waals surface area (Å²) in [6.07, 6.45) is 0. The van der Waals surface area contributed by atoms with Crippen molar-refractivity contribution in [3.05, 3.63) is 53.1 Å². The molecule has 0 aliphatic heterocycles. The average molecular weight is 405 g/mol. The highest BCUT2D eigenvalue weighted by Gasteiger charge is 2.25. The lowest BCUT2D eigenvalue weighted by Crippen LogP contribution is -2.47. The number of carbonyl (C=O) groups is 2. The number of hydrogen-bond donors (Lipinski definition) is 2. The number of hydrogen-bond acceptors (Lipinski definition) is 4. The van der Waals surface area contributed by atoms with Crippen LogP contribution in [0, 0.1) is 5.92 Å². The van der Waals surface area contributed by atoms with Crippen LogP contribution in [0.15, 0.2) is 42.5 Å². The van der Waals surface area contributed by atoms with E-state index in [1.807, 2.05) is 20.8 Å². The summed E-state index contributed by atoms with van der Waals surface area (Å²) in [5.74, 6) is 0.352. The van der Waals surface area contributed by atoms with Crippen molar-refractivity contribution in [2.24, 2.45) is 5.92 Å². The van der Waals surface area contributed by atoms with Crippen LogP contribution in [0.2, 0.25) is 5.02 Å². The van der Waals surface area contributed by atoms with Gasteiger partial charge in [-0.1, -0.05) is 25.4 Å². The number of methoxy groups -OCH3 is 1. The Balaban J connectivity index is 2.13. The number of ether oxygens (including phenoxy) is 2. The zero-order valence-electron chi connectivity index (χ0n) is 16.4. The van der Waals surface area contributed by atoms with E-state index in [0.717, 1.165) is 0 Å². The SMILES string of the molecule is CCOc1ccc(C(=O)N[C@H](C(=O)Nc2cc(Cl)ccc2OC)C(C)C)cc1. The smallest absolute Gasteiger partial charge is 0.251 e. The molecule has 2 rings (SSSR count). The topological polar surface area (TPSA) is 76.7 Å². The highest BCUT2D eigenvalue weighted by Crippen LogP contribution is 2.28. The average Bonchev–Trinajstić information content (AvgIpc) is 2.66. The molecule has 0 fully saturated rings. The highest BCUT2D eigenvalue weighted by molar-refractivity contribution is 6.31. The van der Waals surface area contributed by atoms with E-state index in [-0.39, 0.29) is 17.7 Å². The summed E-state index contributed by atoms with van der Waals surface area (Å²) in [5, 5.41) is 6.04. The molecule has 2 N–H and O–H groups in total.